The standard InChI is InChI=1S/C20H23FN4O/c1-3-4-17-19(14-5-7-15(21)8-6-14)18(20(22)26)13(2)25(17)10-9-16-11-23-12-24-16/h5-8,11-12H,3-4,9-10H2,1-2H3,(H2,22,26)(H,23,24). The van der Waals surface area contributed by atoms with Gasteiger partial charge in [0.2, 0.25) is 0 Å². The molecule has 3 aromatic rings. The molecule has 5 nitrogen and oxygen atoms in total. The molecule has 136 valence electrons. The van der Waals surface area contributed by atoms with E-state index in [0.717, 1.165) is 47.5 Å². The fraction of sp³-hybridized carbons (Fsp3) is 0.300. The van der Waals surface area contributed by atoms with Crippen molar-refractivity contribution in [3.63, 3.8) is 0 Å². The second kappa shape index (κ2) is 7.56. The number of H-pyrrole nitrogens is 1. The van der Waals surface area contributed by atoms with Gasteiger partial charge in [-0.2, -0.15) is 0 Å². The Kier molecular flexibility index (Phi) is 5.21. The molecule has 0 atom stereocenters. The number of aryl methyl sites for hydroxylation is 1. The van der Waals surface area contributed by atoms with Crippen molar-refractivity contribution in [1.82, 2.24) is 14.5 Å². The average molecular weight is 354 g/mol. The highest BCUT2D eigenvalue weighted by molar-refractivity contribution is 6.02. The number of aromatic nitrogens is 3. The monoisotopic (exact) mass is 354 g/mol. The van der Waals surface area contributed by atoms with Gasteiger partial charge in [0, 0.05) is 41.8 Å². The maximum atomic E-state index is 13.4. The van der Waals surface area contributed by atoms with E-state index in [9.17, 15) is 9.18 Å². The van der Waals surface area contributed by atoms with Crippen LogP contribution in [0.4, 0.5) is 4.39 Å². The van der Waals surface area contributed by atoms with E-state index in [1.807, 2.05) is 6.92 Å². The van der Waals surface area contributed by atoms with Crippen LogP contribution in [-0.4, -0.2) is 20.4 Å². The Morgan fingerprint density at radius 3 is 2.58 bits per heavy atom. The minimum Gasteiger partial charge on any atom is -0.366 e. The van der Waals surface area contributed by atoms with Crippen molar-refractivity contribution in [1.29, 1.82) is 0 Å². The third-order valence-corrected chi connectivity index (χ3v) is 4.66. The van der Waals surface area contributed by atoms with Gasteiger partial charge in [-0.25, -0.2) is 9.37 Å². The largest absolute Gasteiger partial charge is 0.366 e. The molecular formula is C20H23FN4O. The van der Waals surface area contributed by atoms with Gasteiger partial charge in [0.15, 0.2) is 0 Å². The zero-order valence-electron chi connectivity index (χ0n) is 15.1. The van der Waals surface area contributed by atoms with Crippen molar-refractivity contribution in [3.05, 3.63) is 65.3 Å². The van der Waals surface area contributed by atoms with Crippen LogP contribution in [0.5, 0.6) is 0 Å². The van der Waals surface area contributed by atoms with E-state index in [4.69, 9.17) is 5.73 Å². The van der Waals surface area contributed by atoms with Crippen molar-refractivity contribution in [2.75, 3.05) is 0 Å². The summed E-state index contributed by atoms with van der Waals surface area (Å²) in [6.07, 6.45) is 5.97. The molecule has 0 saturated carbocycles. The van der Waals surface area contributed by atoms with E-state index in [1.54, 1.807) is 24.7 Å². The topological polar surface area (TPSA) is 76.7 Å². The van der Waals surface area contributed by atoms with Crippen LogP contribution in [0.3, 0.4) is 0 Å². The first-order valence-corrected chi connectivity index (χ1v) is 8.77. The Morgan fingerprint density at radius 2 is 2.00 bits per heavy atom. The van der Waals surface area contributed by atoms with Gasteiger partial charge in [0.25, 0.3) is 5.91 Å². The first kappa shape index (κ1) is 17.9. The molecule has 3 rings (SSSR count). The van der Waals surface area contributed by atoms with Gasteiger partial charge in [-0.1, -0.05) is 25.5 Å². The van der Waals surface area contributed by atoms with E-state index < -0.39 is 5.91 Å². The summed E-state index contributed by atoms with van der Waals surface area (Å²) in [4.78, 5) is 19.4. The fourth-order valence-electron chi connectivity index (χ4n) is 3.48. The Labute approximate surface area is 152 Å². The molecule has 0 unspecified atom stereocenters. The van der Waals surface area contributed by atoms with E-state index in [-0.39, 0.29) is 5.82 Å². The number of aromatic amines is 1. The quantitative estimate of drug-likeness (QED) is 0.680. The number of halogens is 1. The van der Waals surface area contributed by atoms with E-state index in [1.165, 1.54) is 12.1 Å². The van der Waals surface area contributed by atoms with Crippen LogP contribution in [0.25, 0.3) is 11.1 Å². The Hall–Kier alpha value is -2.89. The summed E-state index contributed by atoms with van der Waals surface area (Å²) in [6.45, 7) is 4.73. The molecule has 26 heavy (non-hydrogen) atoms. The lowest BCUT2D eigenvalue weighted by molar-refractivity contribution is 0.1000. The fourth-order valence-corrected chi connectivity index (χ4v) is 3.48. The highest BCUT2D eigenvalue weighted by atomic mass is 19.1. The van der Waals surface area contributed by atoms with Crippen molar-refractivity contribution in [3.8, 4) is 11.1 Å². The first-order valence-electron chi connectivity index (χ1n) is 8.77. The smallest absolute Gasteiger partial charge is 0.251 e. The van der Waals surface area contributed by atoms with Crippen LogP contribution in [0, 0.1) is 12.7 Å². The second-order valence-electron chi connectivity index (χ2n) is 6.38. The molecule has 2 heterocycles. The van der Waals surface area contributed by atoms with Crippen LogP contribution in [0.1, 0.15) is 40.8 Å². The van der Waals surface area contributed by atoms with Gasteiger partial charge < -0.3 is 15.3 Å². The van der Waals surface area contributed by atoms with Crippen LogP contribution >= 0.6 is 0 Å². The number of nitrogens with zero attached hydrogens (tertiary/aromatic N) is 2. The number of carbonyl (C=O) groups excluding carboxylic acids is 1. The predicted molar refractivity (Wildman–Crippen MR) is 99.4 cm³/mol. The maximum absolute atomic E-state index is 13.4. The minimum atomic E-state index is -0.459. The first-order chi connectivity index (χ1) is 12.5. The zero-order valence-corrected chi connectivity index (χ0v) is 15.1. The number of nitrogens with one attached hydrogen (secondary N) is 1. The summed E-state index contributed by atoms with van der Waals surface area (Å²) in [5.74, 6) is -0.763. The summed E-state index contributed by atoms with van der Waals surface area (Å²) in [6, 6.07) is 6.23. The van der Waals surface area contributed by atoms with E-state index in [0.29, 0.717) is 12.1 Å². The molecule has 0 radical (unpaired) electrons. The van der Waals surface area contributed by atoms with Gasteiger partial charge in [-0.15, -0.1) is 0 Å². The summed E-state index contributed by atoms with van der Waals surface area (Å²) in [7, 11) is 0. The average Bonchev–Trinajstić information content (AvgIpc) is 3.21. The highest BCUT2D eigenvalue weighted by Gasteiger charge is 2.24. The van der Waals surface area contributed by atoms with Gasteiger partial charge in [-0.05, 0) is 31.0 Å². The van der Waals surface area contributed by atoms with Gasteiger partial charge >= 0.3 is 0 Å². The molecule has 0 spiro atoms. The molecule has 0 bridgehead atoms. The van der Waals surface area contributed by atoms with Crippen LogP contribution in [0.15, 0.2) is 36.8 Å². The summed E-state index contributed by atoms with van der Waals surface area (Å²) in [5.41, 5.74) is 10.8. The van der Waals surface area contributed by atoms with Gasteiger partial charge in [0.05, 0.1) is 11.9 Å². The number of hydrogen-bond acceptors (Lipinski definition) is 2. The van der Waals surface area contributed by atoms with Crippen molar-refractivity contribution < 1.29 is 9.18 Å². The number of hydrogen-bond donors (Lipinski definition) is 2. The Balaban J connectivity index is 2.12. The van der Waals surface area contributed by atoms with E-state index in [2.05, 4.69) is 21.5 Å². The number of imidazole rings is 1. The Bertz CT molecular complexity index is 895. The summed E-state index contributed by atoms with van der Waals surface area (Å²) >= 11 is 0. The molecule has 0 aliphatic heterocycles. The molecule has 0 saturated heterocycles. The molecule has 1 aromatic carbocycles. The number of amides is 1. The lowest BCUT2D eigenvalue weighted by Gasteiger charge is -2.12. The Morgan fingerprint density at radius 1 is 1.27 bits per heavy atom. The third-order valence-electron chi connectivity index (χ3n) is 4.66. The number of nitrogens with two attached hydrogens (primary N) is 1. The molecule has 0 aliphatic carbocycles. The van der Waals surface area contributed by atoms with Crippen molar-refractivity contribution >= 4 is 5.91 Å². The predicted octanol–water partition coefficient (Wildman–Crippen LogP) is 3.62. The summed E-state index contributed by atoms with van der Waals surface area (Å²) in [5, 5.41) is 0. The molecular weight excluding hydrogens is 331 g/mol. The number of rotatable bonds is 7. The van der Waals surface area contributed by atoms with Crippen LogP contribution < -0.4 is 5.73 Å². The molecule has 0 aliphatic rings. The minimum absolute atomic E-state index is 0.304. The SMILES string of the molecule is CCCc1c(-c2ccc(F)cc2)c(C(N)=O)c(C)n1CCc1cnc[nH]1. The second-order valence-corrected chi connectivity index (χ2v) is 6.38. The number of primary amides is 1. The lowest BCUT2D eigenvalue weighted by atomic mass is 9.98. The van der Waals surface area contributed by atoms with Crippen molar-refractivity contribution in [2.24, 2.45) is 5.73 Å². The molecule has 6 heteroatoms. The highest BCUT2D eigenvalue weighted by Crippen LogP contribution is 2.34. The summed E-state index contributed by atoms with van der Waals surface area (Å²) < 4.78 is 15.5. The molecule has 0 fully saturated rings. The zero-order chi connectivity index (χ0) is 18.7. The molecule has 1 amide bonds. The van der Waals surface area contributed by atoms with Gasteiger partial charge in [0.1, 0.15) is 5.82 Å². The molecule has 3 N–H and O–H groups in total. The maximum Gasteiger partial charge on any atom is 0.251 e. The van der Waals surface area contributed by atoms with Gasteiger partial charge in [-0.3, -0.25) is 4.79 Å². The number of benzene rings is 1. The molecule has 2 aromatic heterocycles. The van der Waals surface area contributed by atoms with E-state index >= 15 is 0 Å². The third kappa shape index (κ3) is 3.40. The normalized spacial score (nSPS) is 11.0. The van der Waals surface area contributed by atoms with Crippen LogP contribution in [-0.2, 0) is 19.4 Å². The van der Waals surface area contributed by atoms with Crippen molar-refractivity contribution in [2.45, 2.75) is 39.7 Å². The van der Waals surface area contributed by atoms with Crippen LogP contribution in [0.2, 0.25) is 0 Å². The lowest BCUT2D eigenvalue weighted by Crippen LogP contribution is -2.14. The number of carbonyl (C=O) groups is 1.